The fraction of sp³-hybridized carbons (Fsp3) is 0.769. The molecule has 2 aliphatic rings. The van der Waals surface area contributed by atoms with Crippen LogP contribution in [0.2, 0.25) is 0 Å². The van der Waals surface area contributed by atoms with Gasteiger partial charge in [0.15, 0.2) is 5.66 Å². The van der Waals surface area contributed by atoms with Gasteiger partial charge in [-0.05, 0) is 12.8 Å². The zero-order chi connectivity index (χ0) is 13.9. The van der Waals surface area contributed by atoms with E-state index < -0.39 is 18.1 Å². The molecule has 0 saturated carbocycles. The second kappa shape index (κ2) is 5.64. The van der Waals surface area contributed by atoms with Gasteiger partial charge >= 0.3 is 0 Å². The van der Waals surface area contributed by atoms with Crippen LogP contribution in [0.4, 0.5) is 8.78 Å². The normalized spacial score (nSPS) is 23.7. The Morgan fingerprint density at radius 2 is 2.21 bits per heavy atom. The standard InChI is InChI=1S/C13H17F2N3O/c1-2-3-7-13(16-17-13)8-6-11(19)18-9-4-5-10(18)12(14)15/h1,10,12H,3-9H2/t10-/m0/s1. The van der Waals surface area contributed by atoms with Crippen molar-refractivity contribution < 1.29 is 13.6 Å². The topological polar surface area (TPSA) is 45.0 Å². The van der Waals surface area contributed by atoms with E-state index in [1.165, 1.54) is 4.90 Å². The molecule has 0 aromatic carbocycles. The maximum absolute atomic E-state index is 12.8. The first-order valence-corrected chi connectivity index (χ1v) is 6.53. The molecular weight excluding hydrogens is 252 g/mol. The van der Waals surface area contributed by atoms with Crippen LogP contribution >= 0.6 is 0 Å². The van der Waals surface area contributed by atoms with Gasteiger partial charge in [-0.2, -0.15) is 10.2 Å². The van der Waals surface area contributed by atoms with Gasteiger partial charge < -0.3 is 4.90 Å². The summed E-state index contributed by atoms with van der Waals surface area (Å²) in [5.41, 5.74) is -0.512. The molecule has 0 N–H and O–H groups in total. The molecule has 19 heavy (non-hydrogen) atoms. The van der Waals surface area contributed by atoms with Gasteiger partial charge in [0.25, 0.3) is 6.43 Å². The van der Waals surface area contributed by atoms with Gasteiger partial charge in [0.05, 0.1) is 6.04 Å². The predicted octanol–water partition coefficient (Wildman–Crippen LogP) is 2.60. The molecule has 0 unspecified atom stereocenters. The molecule has 2 aliphatic heterocycles. The van der Waals surface area contributed by atoms with Gasteiger partial charge in [0, 0.05) is 32.2 Å². The molecule has 4 nitrogen and oxygen atoms in total. The van der Waals surface area contributed by atoms with E-state index in [0.29, 0.717) is 38.6 Å². The summed E-state index contributed by atoms with van der Waals surface area (Å²) in [4.78, 5) is 13.3. The summed E-state index contributed by atoms with van der Waals surface area (Å²) < 4.78 is 25.5. The van der Waals surface area contributed by atoms with Gasteiger partial charge in [0.1, 0.15) is 0 Å². The first-order chi connectivity index (χ1) is 9.08. The van der Waals surface area contributed by atoms with Gasteiger partial charge in [-0.1, -0.05) is 0 Å². The van der Waals surface area contributed by atoms with Crippen LogP contribution in [0.15, 0.2) is 10.2 Å². The summed E-state index contributed by atoms with van der Waals surface area (Å²) >= 11 is 0. The molecule has 0 aromatic heterocycles. The average Bonchev–Trinajstić information content (AvgIpc) is 2.97. The Kier molecular flexibility index (Phi) is 4.13. The Hall–Kier alpha value is -1.51. The highest BCUT2D eigenvalue weighted by Crippen LogP contribution is 2.38. The Balaban J connectivity index is 1.80. The van der Waals surface area contributed by atoms with Gasteiger partial charge in [-0.3, -0.25) is 4.79 Å². The van der Waals surface area contributed by atoms with Crippen molar-refractivity contribution in [3.63, 3.8) is 0 Å². The second-order valence-corrected chi connectivity index (χ2v) is 5.02. The average molecular weight is 269 g/mol. The molecule has 0 spiro atoms. The van der Waals surface area contributed by atoms with Gasteiger partial charge in [-0.25, -0.2) is 8.78 Å². The minimum absolute atomic E-state index is 0.209. The molecule has 1 saturated heterocycles. The summed E-state index contributed by atoms with van der Waals surface area (Å²) in [6, 6.07) is -0.915. The third kappa shape index (κ3) is 3.28. The van der Waals surface area contributed by atoms with Crippen LogP contribution in [0.5, 0.6) is 0 Å². The quantitative estimate of drug-likeness (QED) is 0.683. The van der Waals surface area contributed by atoms with E-state index in [9.17, 15) is 13.6 Å². The van der Waals surface area contributed by atoms with Crippen LogP contribution in [0, 0.1) is 12.3 Å². The van der Waals surface area contributed by atoms with Crippen LogP contribution in [0.1, 0.15) is 38.5 Å². The number of carbonyl (C=O) groups excluding carboxylic acids is 1. The number of amides is 1. The number of terminal acetylenes is 1. The fourth-order valence-corrected chi connectivity index (χ4v) is 2.48. The highest BCUT2D eigenvalue weighted by Gasteiger charge is 2.41. The van der Waals surface area contributed by atoms with Crippen LogP contribution in [-0.4, -0.2) is 35.5 Å². The zero-order valence-electron chi connectivity index (χ0n) is 10.7. The summed E-state index contributed by atoms with van der Waals surface area (Å²) in [5.74, 6) is 2.29. The van der Waals surface area contributed by atoms with E-state index in [-0.39, 0.29) is 12.3 Å². The Morgan fingerprint density at radius 3 is 2.79 bits per heavy atom. The molecule has 2 heterocycles. The lowest BCUT2D eigenvalue weighted by molar-refractivity contribution is -0.135. The predicted molar refractivity (Wildman–Crippen MR) is 65.6 cm³/mol. The van der Waals surface area contributed by atoms with Gasteiger partial charge in [0.2, 0.25) is 5.91 Å². The maximum Gasteiger partial charge on any atom is 0.258 e. The summed E-state index contributed by atoms with van der Waals surface area (Å²) in [7, 11) is 0. The number of likely N-dealkylation sites (tertiary alicyclic amines) is 1. The summed E-state index contributed by atoms with van der Waals surface area (Å²) in [5, 5.41) is 7.87. The highest BCUT2D eigenvalue weighted by atomic mass is 19.3. The van der Waals surface area contributed by atoms with Crippen LogP contribution in [0.3, 0.4) is 0 Å². The van der Waals surface area contributed by atoms with E-state index in [0.717, 1.165) is 0 Å². The van der Waals surface area contributed by atoms with Crippen molar-refractivity contribution in [3.05, 3.63) is 0 Å². The highest BCUT2D eigenvalue weighted by molar-refractivity contribution is 5.77. The number of carbonyl (C=O) groups is 1. The zero-order valence-corrected chi connectivity index (χ0v) is 10.7. The van der Waals surface area contributed by atoms with Crippen molar-refractivity contribution in [2.24, 2.45) is 10.2 Å². The van der Waals surface area contributed by atoms with E-state index in [1.807, 2.05) is 0 Å². The number of rotatable bonds is 6. The fourth-order valence-electron chi connectivity index (χ4n) is 2.48. The number of halogens is 2. The monoisotopic (exact) mass is 269 g/mol. The molecule has 6 heteroatoms. The Bertz CT molecular complexity index is 411. The SMILES string of the molecule is C#CCCC1(CCC(=O)N2CCC[C@H]2C(F)F)N=N1. The number of hydrogen-bond donors (Lipinski definition) is 0. The molecule has 0 aromatic rings. The molecule has 0 bridgehead atoms. The molecule has 104 valence electrons. The number of nitrogens with zero attached hydrogens (tertiary/aromatic N) is 3. The lowest BCUT2D eigenvalue weighted by Gasteiger charge is -2.24. The van der Waals surface area contributed by atoms with E-state index in [4.69, 9.17) is 6.42 Å². The number of alkyl halides is 2. The van der Waals surface area contributed by atoms with Crippen molar-refractivity contribution in [2.75, 3.05) is 6.54 Å². The molecule has 1 atom stereocenters. The lowest BCUT2D eigenvalue weighted by atomic mass is 10.0. The summed E-state index contributed by atoms with van der Waals surface area (Å²) in [6.07, 6.45) is 5.63. The first-order valence-electron chi connectivity index (χ1n) is 6.53. The molecular formula is C13H17F2N3O. The van der Waals surface area contributed by atoms with E-state index in [2.05, 4.69) is 16.1 Å². The maximum atomic E-state index is 12.8. The second-order valence-electron chi connectivity index (χ2n) is 5.02. The van der Waals surface area contributed by atoms with Crippen LogP contribution in [0.25, 0.3) is 0 Å². The minimum Gasteiger partial charge on any atom is -0.334 e. The Labute approximate surface area is 111 Å². The smallest absolute Gasteiger partial charge is 0.258 e. The van der Waals surface area contributed by atoms with Gasteiger partial charge in [-0.15, -0.1) is 12.3 Å². The molecule has 0 aliphatic carbocycles. The number of hydrogen-bond acceptors (Lipinski definition) is 3. The molecule has 0 radical (unpaired) electrons. The van der Waals surface area contributed by atoms with Crippen LogP contribution < -0.4 is 0 Å². The van der Waals surface area contributed by atoms with E-state index >= 15 is 0 Å². The third-order valence-corrected chi connectivity index (χ3v) is 3.70. The molecule has 1 amide bonds. The van der Waals surface area contributed by atoms with Crippen molar-refractivity contribution in [2.45, 2.75) is 56.7 Å². The van der Waals surface area contributed by atoms with Crippen molar-refractivity contribution >= 4 is 5.91 Å². The summed E-state index contributed by atoms with van der Waals surface area (Å²) in [6.45, 7) is 0.430. The third-order valence-electron chi connectivity index (χ3n) is 3.70. The van der Waals surface area contributed by atoms with E-state index in [1.54, 1.807) is 0 Å². The lowest BCUT2D eigenvalue weighted by Crippen LogP contribution is -2.40. The largest absolute Gasteiger partial charge is 0.334 e. The molecule has 2 rings (SSSR count). The van der Waals surface area contributed by atoms with Crippen molar-refractivity contribution in [3.8, 4) is 12.3 Å². The van der Waals surface area contributed by atoms with Crippen LogP contribution in [-0.2, 0) is 4.79 Å². The first kappa shape index (κ1) is 13.9. The minimum atomic E-state index is -2.46. The van der Waals surface area contributed by atoms with Crippen molar-refractivity contribution in [1.29, 1.82) is 0 Å². The van der Waals surface area contributed by atoms with Crippen molar-refractivity contribution in [1.82, 2.24) is 4.90 Å². The Morgan fingerprint density at radius 1 is 1.47 bits per heavy atom. The molecule has 1 fully saturated rings.